The lowest BCUT2D eigenvalue weighted by Gasteiger charge is -2.05. The summed E-state index contributed by atoms with van der Waals surface area (Å²) in [5, 5.41) is 13.6. The molecule has 3 aromatic carbocycles. The summed E-state index contributed by atoms with van der Waals surface area (Å²) < 4.78 is 5.05. The number of methoxy groups -OCH3 is 1. The molecular weight excluding hydrogens is 384 g/mol. The zero-order valence-electron chi connectivity index (χ0n) is 16.0. The van der Waals surface area contributed by atoms with Gasteiger partial charge in [0.1, 0.15) is 0 Å². The first-order chi connectivity index (χ1) is 14.2. The SMILES string of the molecule is COc1cc(/C=N\NC(=O)c2ccc(CSCc3ccccc3)cc2)ccc1O. The predicted octanol–water partition coefficient (Wildman–Crippen LogP) is 4.60. The molecule has 0 heterocycles. The molecule has 0 saturated heterocycles. The normalized spacial score (nSPS) is 10.8. The second-order valence-corrected chi connectivity index (χ2v) is 7.29. The molecule has 2 N–H and O–H groups in total. The van der Waals surface area contributed by atoms with Gasteiger partial charge in [-0.15, -0.1) is 0 Å². The van der Waals surface area contributed by atoms with Gasteiger partial charge in [-0.1, -0.05) is 42.5 Å². The number of carbonyl (C=O) groups excluding carboxylic acids is 1. The Kier molecular flexibility index (Phi) is 7.30. The number of phenolic OH excluding ortho intramolecular Hbond substituents is 1. The third-order valence-corrected chi connectivity index (χ3v) is 5.25. The number of benzene rings is 3. The van der Waals surface area contributed by atoms with E-state index in [0.717, 1.165) is 11.5 Å². The topological polar surface area (TPSA) is 70.9 Å². The number of rotatable bonds is 8. The van der Waals surface area contributed by atoms with Gasteiger partial charge in [0.2, 0.25) is 0 Å². The van der Waals surface area contributed by atoms with E-state index in [1.807, 2.05) is 42.1 Å². The predicted molar refractivity (Wildman–Crippen MR) is 118 cm³/mol. The van der Waals surface area contributed by atoms with Crippen LogP contribution in [0.1, 0.15) is 27.0 Å². The second-order valence-electron chi connectivity index (χ2n) is 6.31. The third kappa shape index (κ3) is 6.12. The van der Waals surface area contributed by atoms with Gasteiger partial charge in [-0.2, -0.15) is 16.9 Å². The number of carbonyl (C=O) groups is 1. The van der Waals surface area contributed by atoms with Gasteiger partial charge in [-0.05, 0) is 47.0 Å². The van der Waals surface area contributed by atoms with Gasteiger partial charge in [-0.25, -0.2) is 5.43 Å². The van der Waals surface area contributed by atoms with Crippen molar-refractivity contribution in [1.82, 2.24) is 5.43 Å². The van der Waals surface area contributed by atoms with Crippen LogP contribution < -0.4 is 10.2 Å². The molecule has 0 aliphatic heterocycles. The van der Waals surface area contributed by atoms with Gasteiger partial charge >= 0.3 is 0 Å². The van der Waals surface area contributed by atoms with E-state index in [-0.39, 0.29) is 11.7 Å². The van der Waals surface area contributed by atoms with Crippen LogP contribution in [0.2, 0.25) is 0 Å². The van der Waals surface area contributed by atoms with Crippen LogP contribution in [-0.4, -0.2) is 24.3 Å². The van der Waals surface area contributed by atoms with Gasteiger partial charge in [0.05, 0.1) is 13.3 Å². The molecule has 0 saturated carbocycles. The van der Waals surface area contributed by atoms with Crippen molar-refractivity contribution in [3.05, 3.63) is 95.1 Å². The molecule has 1 amide bonds. The summed E-state index contributed by atoms with van der Waals surface area (Å²) in [7, 11) is 1.47. The average molecular weight is 407 g/mol. The lowest BCUT2D eigenvalue weighted by molar-refractivity contribution is 0.0955. The number of hydrazone groups is 1. The standard InChI is InChI=1S/C23H22N2O3S/c1-28-22-13-19(9-12-21(22)26)14-24-25-23(27)20-10-7-18(8-11-20)16-29-15-17-5-3-2-4-6-17/h2-14,26H,15-16H2,1H3,(H,25,27)/b24-14-. The van der Waals surface area contributed by atoms with Crippen LogP contribution in [0.4, 0.5) is 0 Å². The molecule has 0 bridgehead atoms. The highest BCUT2D eigenvalue weighted by atomic mass is 32.2. The number of hydrogen-bond acceptors (Lipinski definition) is 5. The quantitative estimate of drug-likeness (QED) is 0.424. The van der Waals surface area contributed by atoms with E-state index in [1.165, 1.54) is 30.5 Å². The molecule has 3 rings (SSSR count). The highest BCUT2D eigenvalue weighted by Gasteiger charge is 2.05. The summed E-state index contributed by atoms with van der Waals surface area (Å²) in [6.45, 7) is 0. The van der Waals surface area contributed by atoms with Crippen LogP contribution in [0.15, 0.2) is 77.9 Å². The molecule has 0 atom stereocenters. The lowest BCUT2D eigenvalue weighted by atomic mass is 10.1. The maximum Gasteiger partial charge on any atom is 0.271 e. The molecule has 0 fully saturated rings. The number of thioether (sulfide) groups is 1. The number of phenols is 1. The van der Waals surface area contributed by atoms with Crippen molar-refractivity contribution >= 4 is 23.9 Å². The van der Waals surface area contributed by atoms with Gasteiger partial charge in [0, 0.05) is 17.1 Å². The van der Waals surface area contributed by atoms with Crippen LogP contribution in [0.3, 0.4) is 0 Å². The van der Waals surface area contributed by atoms with Crippen LogP contribution >= 0.6 is 11.8 Å². The molecule has 0 aliphatic carbocycles. The zero-order chi connectivity index (χ0) is 20.5. The third-order valence-electron chi connectivity index (χ3n) is 4.18. The fourth-order valence-electron chi connectivity index (χ4n) is 2.62. The highest BCUT2D eigenvalue weighted by molar-refractivity contribution is 7.97. The van der Waals surface area contributed by atoms with Crippen molar-refractivity contribution in [2.45, 2.75) is 11.5 Å². The smallest absolute Gasteiger partial charge is 0.271 e. The Balaban J connectivity index is 1.49. The second kappa shape index (κ2) is 10.3. The van der Waals surface area contributed by atoms with Crippen molar-refractivity contribution in [2.75, 3.05) is 7.11 Å². The van der Waals surface area contributed by atoms with Crippen molar-refractivity contribution < 1.29 is 14.6 Å². The summed E-state index contributed by atoms with van der Waals surface area (Å²) in [4.78, 5) is 12.2. The number of aromatic hydroxyl groups is 1. The lowest BCUT2D eigenvalue weighted by Crippen LogP contribution is -2.17. The number of amides is 1. The minimum atomic E-state index is -0.282. The Morgan fingerprint density at radius 2 is 1.72 bits per heavy atom. The summed E-state index contributed by atoms with van der Waals surface area (Å²) in [5.41, 5.74) is 6.22. The van der Waals surface area contributed by atoms with E-state index < -0.39 is 0 Å². The first-order valence-corrected chi connectivity index (χ1v) is 10.2. The van der Waals surface area contributed by atoms with Crippen molar-refractivity contribution in [3.63, 3.8) is 0 Å². The Bertz CT molecular complexity index is 973. The Hall–Kier alpha value is -3.25. The van der Waals surface area contributed by atoms with E-state index >= 15 is 0 Å². The fourth-order valence-corrected chi connectivity index (χ4v) is 3.58. The van der Waals surface area contributed by atoms with Crippen molar-refractivity contribution in [2.24, 2.45) is 5.10 Å². The monoisotopic (exact) mass is 406 g/mol. The number of ether oxygens (including phenoxy) is 1. The molecule has 0 radical (unpaired) electrons. The highest BCUT2D eigenvalue weighted by Crippen LogP contribution is 2.25. The van der Waals surface area contributed by atoms with Crippen molar-refractivity contribution in [1.29, 1.82) is 0 Å². The van der Waals surface area contributed by atoms with E-state index in [0.29, 0.717) is 16.9 Å². The molecule has 148 valence electrons. The summed E-state index contributed by atoms with van der Waals surface area (Å²) in [6.07, 6.45) is 1.49. The molecular formula is C23H22N2O3S. The maximum atomic E-state index is 12.2. The van der Waals surface area contributed by atoms with E-state index in [4.69, 9.17) is 4.74 Å². The number of nitrogens with one attached hydrogen (secondary N) is 1. The number of nitrogens with zero attached hydrogens (tertiary/aromatic N) is 1. The average Bonchev–Trinajstić information content (AvgIpc) is 2.76. The zero-order valence-corrected chi connectivity index (χ0v) is 16.9. The van der Waals surface area contributed by atoms with Crippen LogP contribution in [0, 0.1) is 0 Å². The Labute approximate surface area is 174 Å². The van der Waals surface area contributed by atoms with E-state index in [1.54, 1.807) is 24.3 Å². The van der Waals surface area contributed by atoms with E-state index in [9.17, 15) is 9.90 Å². The first kappa shape index (κ1) is 20.5. The van der Waals surface area contributed by atoms with Crippen LogP contribution in [-0.2, 0) is 11.5 Å². The summed E-state index contributed by atoms with van der Waals surface area (Å²) >= 11 is 1.84. The minimum absolute atomic E-state index is 0.0516. The van der Waals surface area contributed by atoms with E-state index in [2.05, 4.69) is 22.7 Å². The molecule has 0 unspecified atom stereocenters. The largest absolute Gasteiger partial charge is 0.504 e. The van der Waals surface area contributed by atoms with Crippen molar-refractivity contribution in [3.8, 4) is 11.5 Å². The van der Waals surface area contributed by atoms with Gasteiger partial charge in [0.25, 0.3) is 5.91 Å². The maximum absolute atomic E-state index is 12.2. The van der Waals surface area contributed by atoms with Gasteiger partial charge in [-0.3, -0.25) is 4.79 Å². The Morgan fingerprint density at radius 1 is 1.03 bits per heavy atom. The molecule has 3 aromatic rings. The molecule has 29 heavy (non-hydrogen) atoms. The minimum Gasteiger partial charge on any atom is -0.504 e. The first-order valence-electron chi connectivity index (χ1n) is 9.07. The molecule has 0 aliphatic rings. The van der Waals surface area contributed by atoms with Crippen LogP contribution in [0.5, 0.6) is 11.5 Å². The molecule has 0 aromatic heterocycles. The van der Waals surface area contributed by atoms with Gasteiger partial charge < -0.3 is 9.84 Å². The molecule has 0 spiro atoms. The fraction of sp³-hybridized carbons (Fsp3) is 0.130. The summed E-state index contributed by atoms with van der Waals surface area (Å²) in [5.74, 6) is 1.96. The molecule has 5 nitrogen and oxygen atoms in total. The van der Waals surface area contributed by atoms with Gasteiger partial charge in [0.15, 0.2) is 11.5 Å². The van der Waals surface area contributed by atoms with Crippen LogP contribution in [0.25, 0.3) is 0 Å². The molecule has 6 heteroatoms. The summed E-state index contributed by atoms with van der Waals surface area (Å²) in [6, 6.07) is 22.7. The number of hydrogen-bond donors (Lipinski definition) is 2. The Morgan fingerprint density at radius 3 is 2.41 bits per heavy atom.